The Hall–Kier alpha value is -0.0400. The number of unbranched alkanes of at least 4 members (excludes halogenated alkanes) is 4. The Bertz CT molecular complexity index is 77.2. The highest BCUT2D eigenvalue weighted by molar-refractivity contribution is 4.54. The van der Waals surface area contributed by atoms with Gasteiger partial charge in [-0.25, -0.2) is 0 Å². The summed E-state index contributed by atoms with van der Waals surface area (Å²) in [6, 6.07) is 0. The van der Waals surface area contributed by atoms with Crippen molar-refractivity contribution in [3.8, 4) is 0 Å². The first-order valence-corrected chi connectivity index (χ1v) is 5.85. The van der Waals surface area contributed by atoms with Gasteiger partial charge in [-0.3, -0.25) is 0 Å². The van der Waals surface area contributed by atoms with Crippen LogP contribution in [0, 0.1) is 5.92 Å². The van der Waals surface area contributed by atoms with Crippen molar-refractivity contribution in [2.45, 2.75) is 72.1 Å². The van der Waals surface area contributed by atoms with E-state index < -0.39 is 0 Å². The molecule has 0 unspecified atom stereocenters. The molecule has 0 aromatic carbocycles. The van der Waals surface area contributed by atoms with Crippen LogP contribution in [0.1, 0.15) is 72.1 Å². The first-order chi connectivity index (χ1) is 5.85. The number of hydrogen-bond acceptors (Lipinski definition) is 1. The maximum absolute atomic E-state index is 2.32. The Kier molecular flexibility index (Phi) is 14.2. The molecule has 0 aliphatic carbocycles. The zero-order chi connectivity index (χ0) is 9.23. The Labute approximate surface area is 84.9 Å². The molecule has 13 heavy (non-hydrogen) atoms. The molecule has 0 bridgehead atoms. The average Bonchev–Trinajstić information content (AvgIpc) is 2.11. The van der Waals surface area contributed by atoms with Gasteiger partial charge in [0, 0.05) is 0 Å². The van der Waals surface area contributed by atoms with Crippen molar-refractivity contribution in [2.75, 3.05) is 0 Å². The lowest BCUT2D eigenvalue weighted by Gasteiger charge is -2.10. The van der Waals surface area contributed by atoms with Crippen molar-refractivity contribution in [3.63, 3.8) is 0 Å². The van der Waals surface area contributed by atoms with E-state index in [1.807, 2.05) is 0 Å². The molecule has 0 rings (SSSR count). The van der Waals surface area contributed by atoms with Gasteiger partial charge in [0.25, 0.3) is 0 Å². The molecule has 0 atom stereocenters. The van der Waals surface area contributed by atoms with Crippen molar-refractivity contribution >= 4 is 0 Å². The predicted molar refractivity (Wildman–Crippen MR) is 62.5 cm³/mol. The molecule has 0 radical (unpaired) electrons. The Morgan fingerprint density at radius 3 is 1.77 bits per heavy atom. The fraction of sp³-hybridized carbons (Fsp3) is 1.00. The average molecular weight is 187 g/mol. The van der Waals surface area contributed by atoms with Crippen LogP contribution in [0.5, 0.6) is 0 Å². The van der Waals surface area contributed by atoms with Crippen LogP contribution < -0.4 is 6.15 Å². The predicted octanol–water partition coefficient (Wildman–Crippen LogP) is 4.95. The minimum absolute atomic E-state index is 0. The second kappa shape index (κ2) is 12.0. The lowest BCUT2D eigenvalue weighted by atomic mass is 9.96. The quantitative estimate of drug-likeness (QED) is 0.536. The Morgan fingerprint density at radius 1 is 0.769 bits per heavy atom. The highest BCUT2D eigenvalue weighted by Gasteiger charge is 2.01. The summed E-state index contributed by atoms with van der Waals surface area (Å²) in [5.41, 5.74) is 0. The molecule has 0 aromatic heterocycles. The van der Waals surface area contributed by atoms with Crippen LogP contribution in [-0.2, 0) is 0 Å². The SMILES string of the molecule is CCCCCCCC(CC)CC.N. The third kappa shape index (κ3) is 9.88. The normalized spacial score (nSPS) is 10.2. The van der Waals surface area contributed by atoms with Crippen molar-refractivity contribution in [1.82, 2.24) is 6.15 Å². The minimum atomic E-state index is 0. The van der Waals surface area contributed by atoms with Crippen molar-refractivity contribution in [3.05, 3.63) is 0 Å². The summed E-state index contributed by atoms with van der Waals surface area (Å²) >= 11 is 0. The molecule has 0 heterocycles. The molecule has 0 aromatic rings. The summed E-state index contributed by atoms with van der Waals surface area (Å²) in [5.74, 6) is 1.01. The van der Waals surface area contributed by atoms with E-state index in [2.05, 4.69) is 20.8 Å². The van der Waals surface area contributed by atoms with Gasteiger partial charge in [-0.1, -0.05) is 72.1 Å². The zero-order valence-electron chi connectivity index (χ0n) is 9.94. The molecule has 0 aliphatic heterocycles. The zero-order valence-corrected chi connectivity index (χ0v) is 9.94. The van der Waals surface area contributed by atoms with Gasteiger partial charge < -0.3 is 6.15 Å². The molecule has 82 valence electrons. The van der Waals surface area contributed by atoms with Gasteiger partial charge >= 0.3 is 0 Å². The lowest BCUT2D eigenvalue weighted by Crippen LogP contribution is -1.96. The van der Waals surface area contributed by atoms with Gasteiger partial charge in [0.2, 0.25) is 0 Å². The highest BCUT2D eigenvalue weighted by Crippen LogP contribution is 2.17. The second-order valence-electron chi connectivity index (χ2n) is 3.89. The van der Waals surface area contributed by atoms with E-state index in [-0.39, 0.29) is 6.15 Å². The highest BCUT2D eigenvalue weighted by atomic mass is 14.1. The lowest BCUT2D eigenvalue weighted by molar-refractivity contribution is 0.428. The van der Waals surface area contributed by atoms with E-state index in [4.69, 9.17) is 0 Å². The Balaban J connectivity index is 0. The van der Waals surface area contributed by atoms with Crippen LogP contribution in [0.3, 0.4) is 0 Å². The third-order valence-electron chi connectivity index (χ3n) is 2.87. The molecule has 3 N–H and O–H groups in total. The van der Waals surface area contributed by atoms with Crippen LogP contribution in [0.4, 0.5) is 0 Å². The maximum atomic E-state index is 2.32. The first-order valence-electron chi connectivity index (χ1n) is 5.85. The van der Waals surface area contributed by atoms with Crippen LogP contribution in [0.25, 0.3) is 0 Å². The first kappa shape index (κ1) is 15.4. The molecule has 0 saturated heterocycles. The molecule has 1 nitrogen and oxygen atoms in total. The number of hydrogen-bond donors (Lipinski definition) is 1. The largest absolute Gasteiger partial charge is 0.344 e. The van der Waals surface area contributed by atoms with E-state index in [0.29, 0.717) is 0 Å². The van der Waals surface area contributed by atoms with Gasteiger partial charge in [0.05, 0.1) is 0 Å². The van der Waals surface area contributed by atoms with Crippen molar-refractivity contribution in [2.24, 2.45) is 5.92 Å². The second-order valence-corrected chi connectivity index (χ2v) is 3.89. The topological polar surface area (TPSA) is 35.0 Å². The maximum Gasteiger partial charge on any atom is -0.0420 e. The minimum Gasteiger partial charge on any atom is -0.344 e. The van der Waals surface area contributed by atoms with E-state index >= 15 is 0 Å². The monoisotopic (exact) mass is 187 g/mol. The fourth-order valence-corrected chi connectivity index (χ4v) is 1.73. The van der Waals surface area contributed by atoms with Gasteiger partial charge in [-0.2, -0.15) is 0 Å². The summed E-state index contributed by atoms with van der Waals surface area (Å²) in [4.78, 5) is 0. The summed E-state index contributed by atoms with van der Waals surface area (Å²) in [6.07, 6.45) is 11.4. The summed E-state index contributed by atoms with van der Waals surface area (Å²) in [6.45, 7) is 6.92. The molecular weight excluding hydrogens is 158 g/mol. The summed E-state index contributed by atoms with van der Waals surface area (Å²) in [5, 5.41) is 0. The van der Waals surface area contributed by atoms with Crippen LogP contribution in [-0.4, -0.2) is 0 Å². The van der Waals surface area contributed by atoms with Gasteiger partial charge in [-0.05, 0) is 5.92 Å². The molecule has 1 heteroatoms. The van der Waals surface area contributed by atoms with Gasteiger partial charge in [-0.15, -0.1) is 0 Å². The van der Waals surface area contributed by atoms with Crippen molar-refractivity contribution in [1.29, 1.82) is 0 Å². The van der Waals surface area contributed by atoms with E-state index in [9.17, 15) is 0 Å². The third-order valence-corrected chi connectivity index (χ3v) is 2.87. The van der Waals surface area contributed by atoms with E-state index in [1.54, 1.807) is 0 Å². The standard InChI is InChI=1S/C12H26.H3N/c1-4-7-8-9-10-11-12(5-2)6-3;/h12H,4-11H2,1-3H3;1H3. The van der Waals surface area contributed by atoms with Crippen LogP contribution in [0.15, 0.2) is 0 Å². The van der Waals surface area contributed by atoms with E-state index in [0.717, 1.165) is 5.92 Å². The molecule has 0 fully saturated rings. The number of rotatable bonds is 8. The molecule has 0 spiro atoms. The molecule has 0 aliphatic rings. The van der Waals surface area contributed by atoms with E-state index in [1.165, 1.54) is 51.4 Å². The smallest absolute Gasteiger partial charge is 0.0420 e. The van der Waals surface area contributed by atoms with Crippen LogP contribution in [0.2, 0.25) is 0 Å². The van der Waals surface area contributed by atoms with Crippen molar-refractivity contribution < 1.29 is 0 Å². The Morgan fingerprint density at radius 2 is 1.31 bits per heavy atom. The summed E-state index contributed by atoms with van der Waals surface area (Å²) < 4.78 is 0. The van der Waals surface area contributed by atoms with Crippen LogP contribution >= 0.6 is 0 Å². The van der Waals surface area contributed by atoms with Gasteiger partial charge in [0.15, 0.2) is 0 Å². The summed E-state index contributed by atoms with van der Waals surface area (Å²) in [7, 11) is 0. The van der Waals surface area contributed by atoms with Gasteiger partial charge in [0.1, 0.15) is 0 Å². The molecule has 0 amide bonds. The molecule has 0 saturated carbocycles. The molecular formula is C12H29N. The fourth-order valence-electron chi connectivity index (χ4n) is 1.73.